The Morgan fingerprint density at radius 2 is 1.95 bits per heavy atom. The van der Waals surface area contributed by atoms with E-state index >= 15 is 0 Å². The molecule has 0 saturated heterocycles. The van der Waals surface area contributed by atoms with E-state index in [9.17, 15) is 4.79 Å². The van der Waals surface area contributed by atoms with E-state index in [1.165, 1.54) is 0 Å². The first kappa shape index (κ1) is 14.1. The minimum atomic E-state index is 0.111. The van der Waals surface area contributed by atoms with Crippen LogP contribution in [0.2, 0.25) is 0 Å². The van der Waals surface area contributed by atoms with Crippen LogP contribution in [0.4, 0.5) is 0 Å². The number of hydrogen-bond acceptors (Lipinski definition) is 2. The minimum absolute atomic E-state index is 0.111. The van der Waals surface area contributed by atoms with Gasteiger partial charge in [0.05, 0.1) is 7.11 Å². The van der Waals surface area contributed by atoms with Crippen LogP contribution < -0.4 is 4.74 Å². The molecule has 1 aliphatic rings. The molecule has 108 valence electrons. The normalized spacial score (nSPS) is 14.0. The standard InChI is InChI=1S/C17H16BrNO2/c1-21-15-5-2-12(3-6-15)11-19-9-8-13-10-14(18)4-7-16(13)17(19)20/h2-7,10H,8-9,11H2,1H3. The molecule has 1 aliphatic heterocycles. The quantitative estimate of drug-likeness (QED) is 0.849. The molecule has 0 aromatic heterocycles. The molecule has 1 amide bonds. The van der Waals surface area contributed by atoms with Crippen molar-refractivity contribution < 1.29 is 9.53 Å². The minimum Gasteiger partial charge on any atom is -0.497 e. The Bertz CT molecular complexity index is 667. The van der Waals surface area contributed by atoms with E-state index in [4.69, 9.17) is 4.74 Å². The van der Waals surface area contributed by atoms with E-state index in [1.54, 1.807) is 7.11 Å². The van der Waals surface area contributed by atoms with Gasteiger partial charge in [-0.25, -0.2) is 0 Å². The van der Waals surface area contributed by atoms with Gasteiger partial charge in [0.15, 0.2) is 0 Å². The lowest BCUT2D eigenvalue weighted by atomic mass is 9.98. The van der Waals surface area contributed by atoms with Gasteiger partial charge in [-0.3, -0.25) is 4.79 Å². The maximum Gasteiger partial charge on any atom is 0.254 e. The number of halogens is 1. The summed E-state index contributed by atoms with van der Waals surface area (Å²) in [6.07, 6.45) is 0.899. The molecule has 2 aromatic carbocycles. The summed E-state index contributed by atoms with van der Waals surface area (Å²) in [7, 11) is 1.65. The molecule has 2 aromatic rings. The van der Waals surface area contributed by atoms with E-state index in [0.29, 0.717) is 6.54 Å². The number of carbonyl (C=O) groups excluding carboxylic acids is 1. The second-order valence-electron chi connectivity index (χ2n) is 5.13. The third-order valence-electron chi connectivity index (χ3n) is 3.77. The molecule has 1 heterocycles. The zero-order chi connectivity index (χ0) is 14.8. The highest BCUT2D eigenvalue weighted by Crippen LogP contribution is 2.24. The average molecular weight is 346 g/mol. The van der Waals surface area contributed by atoms with Gasteiger partial charge < -0.3 is 9.64 Å². The molecular weight excluding hydrogens is 330 g/mol. The first-order chi connectivity index (χ1) is 10.2. The van der Waals surface area contributed by atoms with E-state index in [-0.39, 0.29) is 5.91 Å². The number of methoxy groups -OCH3 is 1. The largest absolute Gasteiger partial charge is 0.497 e. The van der Waals surface area contributed by atoms with Crippen LogP contribution in [0, 0.1) is 0 Å². The van der Waals surface area contributed by atoms with Crippen molar-refractivity contribution in [1.29, 1.82) is 0 Å². The fraction of sp³-hybridized carbons (Fsp3) is 0.235. The molecule has 0 aliphatic carbocycles. The molecule has 0 bridgehead atoms. The second-order valence-corrected chi connectivity index (χ2v) is 6.04. The molecular formula is C17H16BrNO2. The second kappa shape index (κ2) is 5.90. The Hall–Kier alpha value is -1.81. The summed E-state index contributed by atoms with van der Waals surface area (Å²) in [5.74, 6) is 0.943. The Balaban J connectivity index is 1.78. The predicted octanol–water partition coefficient (Wildman–Crippen LogP) is 3.66. The molecule has 0 unspecified atom stereocenters. The molecule has 4 heteroatoms. The monoisotopic (exact) mass is 345 g/mol. The summed E-state index contributed by atoms with van der Waals surface area (Å²) < 4.78 is 6.18. The Kier molecular flexibility index (Phi) is 3.97. The van der Waals surface area contributed by atoms with Crippen molar-refractivity contribution in [1.82, 2.24) is 4.90 Å². The van der Waals surface area contributed by atoms with E-state index in [0.717, 1.165) is 39.9 Å². The Morgan fingerprint density at radius 3 is 2.67 bits per heavy atom. The topological polar surface area (TPSA) is 29.5 Å². The highest BCUT2D eigenvalue weighted by atomic mass is 79.9. The predicted molar refractivity (Wildman–Crippen MR) is 85.6 cm³/mol. The van der Waals surface area contributed by atoms with Crippen molar-refractivity contribution in [3.8, 4) is 5.75 Å². The number of ether oxygens (including phenoxy) is 1. The van der Waals surface area contributed by atoms with Gasteiger partial charge in [-0.1, -0.05) is 28.1 Å². The molecule has 3 nitrogen and oxygen atoms in total. The first-order valence-corrected chi connectivity index (χ1v) is 7.67. The molecule has 0 fully saturated rings. The van der Waals surface area contributed by atoms with Crippen LogP contribution in [0.25, 0.3) is 0 Å². The summed E-state index contributed by atoms with van der Waals surface area (Å²) in [5, 5.41) is 0. The van der Waals surface area contributed by atoms with Crippen LogP contribution in [-0.4, -0.2) is 24.5 Å². The van der Waals surface area contributed by atoms with Crippen molar-refractivity contribution in [3.63, 3.8) is 0 Å². The molecule has 0 atom stereocenters. The fourth-order valence-corrected chi connectivity index (χ4v) is 3.02. The third-order valence-corrected chi connectivity index (χ3v) is 4.26. The van der Waals surface area contributed by atoms with E-state index in [1.807, 2.05) is 47.4 Å². The number of hydrogen-bond donors (Lipinski definition) is 0. The number of amides is 1. The summed E-state index contributed by atoms with van der Waals surface area (Å²) in [6, 6.07) is 13.7. The summed E-state index contributed by atoms with van der Waals surface area (Å²) in [5.41, 5.74) is 3.06. The van der Waals surface area contributed by atoms with E-state index in [2.05, 4.69) is 15.9 Å². The highest BCUT2D eigenvalue weighted by Gasteiger charge is 2.24. The van der Waals surface area contributed by atoms with Crippen LogP contribution >= 0.6 is 15.9 Å². The molecule has 21 heavy (non-hydrogen) atoms. The number of nitrogens with zero attached hydrogens (tertiary/aromatic N) is 1. The first-order valence-electron chi connectivity index (χ1n) is 6.88. The van der Waals surface area contributed by atoms with Crippen molar-refractivity contribution in [2.75, 3.05) is 13.7 Å². The van der Waals surface area contributed by atoms with Crippen LogP contribution in [0.15, 0.2) is 46.9 Å². The summed E-state index contributed by atoms with van der Waals surface area (Å²) in [4.78, 5) is 14.4. The van der Waals surface area contributed by atoms with Gasteiger partial charge in [0.25, 0.3) is 5.91 Å². The van der Waals surface area contributed by atoms with Crippen LogP contribution in [0.1, 0.15) is 21.5 Å². The number of rotatable bonds is 3. The third kappa shape index (κ3) is 2.95. The maximum atomic E-state index is 12.5. The summed E-state index contributed by atoms with van der Waals surface area (Å²) >= 11 is 3.46. The number of benzene rings is 2. The van der Waals surface area contributed by atoms with Gasteiger partial charge in [-0.05, 0) is 47.9 Å². The van der Waals surface area contributed by atoms with Crippen LogP contribution in [-0.2, 0) is 13.0 Å². The molecule has 3 rings (SSSR count). The smallest absolute Gasteiger partial charge is 0.254 e. The van der Waals surface area contributed by atoms with Gasteiger partial charge in [0.1, 0.15) is 5.75 Å². The van der Waals surface area contributed by atoms with Crippen molar-refractivity contribution >= 4 is 21.8 Å². The Labute approximate surface area is 132 Å². The molecule has 0 saturated carbocycles. The van der Waals surface area contributed by atoms with Crippen LogP contribution in [0.5, 0.6) is 5.75 Å². The fourth-order valence-electron chi connectivity index (χ4n) is 2.61. The Morgan fingerprint density at radius 1 is 1.19 bits per heavy atom. The van der Waals surface area contributed by atoms with Gasteiger partial charge in [-0.15, -0.1) is 0 Å². The number of carbonyl (C=O) groups is 1. The average Bonchev–Trinajstić information content (AvgIpc) is 2.51. The van der Waals surface area contributed by atoms with Gasteiger partial charge >= 0.3 is 0 Å². The van der Waals surface area contributed by atoms with Crippen molar-refractivity contribution in [2.24, 2.45) is 0 Å². The number of fused-ring (bicyclic) bond motifs is 1. The molecule has 0 N–H and O–H groups in total. The summed E-state index contributed by atoms with van der Waals surface area (Å²) in [6.45, 7) is 1.40. The molecule has 0 spiro atoms. The SMILES string of the molecule is COc1ccc(CN2CCc3cc(Br)ccc3C2=O)cc1. The van der Waals surface area contributed by atoms with Gasteiger partial charge in [-0.2, -0.15) is 0 Å². The molecule has 0 radical (unpaired) electrons. The maximum absolute atomic E-state index is 12.5. The van der Waals surface area contributed by atoms with Gasteiger partial charge in [0.2, 0.25) is 0 Å². The van der Waals surface area contributed by atoms with Crippen molar-refractivity contribution in [3.05, 3.63) is 63.6 Å². The lowest BCUT2D eigenvalue weighted by molar-refractivity contribution is 0.0727. The zero-order valence-electron chi connectivity index (χ0n) is 11.8. The lowest BCUT2D eigenvalue weighted by Crippen LogP contribution is -2.37. The van der Waals surface area contributed by atoms with Gasteiger partial charge in [0, 0.05) is 23.1 Å². The van der Waals surface area contributed by atoms with Crippen molar-refractivity contribution in [2.45, 2.75) is 13.0 Å². The zero-order valence-corrected chi connectivity index (χ0v) is 13.4. The van der Waals surface area contributed by atoms with Crippen LogP contribution in [0.3, 0.4) is 0 Å². The lowest BCUT2D eigenvalue weighted by Gasteiger charge is -2.28. The highest BCUT2D eigenvalue weighted by molar-refractivity contribution is 9.10. The van der Waals surface area contributed by atoms with E-state index < -0.39 is 0 Å².